The van der Waals surface area contributed by atoms with Crippen LogP contribution in [-0.2, 0) is 42.9 Å². The lowest BCUT2D eigenvalue weighted by Gasteiger charge is -2.73. The maximum Gasteiger partial charge on any atom is 0.338 e. The highest BCUT2D eigenvalue weighted by atomic mass is 16.6. The lowest BCUT2D eigenvalue weighted by Crippen LogP contribution is -2.86. The Kier molecular flexibility index (Phi) is 8.46. The molecular formula is C42H54O12. The Labute approximate surface area is 316 Å². The van der Waals surface area contributed by atoms with Gasteiger partial charge >= 0.3 is 23.9 Å². The molecule has 0 amide bonds. The van der Waals surface area contributed by atoms with Crippen molar-refractivity contribution in [1.29, 1.82) is 0 Å². The Hall–Kier alpha value is -3.77. The fourth-order valence-electron chi connectivity index (χ4n) is 13.9. The van der Waals surface area contributed by atoms with Crippen molar-refractivity contribution in [3.05, 3.63) is 47.2 Å². The molecule has 1 aromatic carbocycles. The highest BCUT2D eigenvalue weighted by Crippen LogP contribution is 2.83. The summed E-state index contributed by atoms with van der Waals surface area (Å²) in [4.78, 5) is 68.4. The maximum absolute atomic E-state index is 14.5. The minimum Gasteiger partial charge on any atom is -0.493 e. The van der Waals surface area contributed by atoms with Gasteiger partial charge in [-0.15, -0.1) is 0 Å². The maximum atomic E-state index is 14.5. The molecule has 1 saturated heterocycles. The van der Waals surface area contributed by atoms with E-state index in [1.807, 2.05) is 13.8 Å². The van der Waals surface area contributed by atoms with E-state index in [2.05, 4.69) is 13.8 Å². The van der Waals surface area contributed by atoms with E-state index in [1.165, 1.54) is 27.9 Å². The average molecular weight is 751 g/mol. The third kappa shape index (κ3) is 4.46. The third-order valence-electron chi connectivity index (χ3n) is 15.7. The Bertz CT molecular complexity index is 1850. The number of ketones is 1. The Morgan fingerprint density at radius 2 is 1.54 bits per heavy atom. The minimum atomic E-state index is -2.19. The molecule has 294 valence electrons. The van der Waals surface area contributed by atoms with Crippen LogP contribution in [0.2, 0.25) is 0 Å². The first-order valence-electron chi connectivity index (χ1n) is 19.1. The predicted octanol–water partition coefficient (Wildman–Crippen LogP) is 4.87. The zero-order valence-electron chi connectivity index (χ0n) is 32.9. The molecule has 2 spiro atoms. The number of allylic oxidation sites excluding steroid dienone is 2. The van der Waals surface area contributed by atoms with Crippen LogP contribution < -0.4 is 0 Å². The van der Waals surface area contributed by atoms with Gasteiger partial charge in [0, 0.05) is 39.0 Å². The first-order valence-corrected chi connectivity index (χ1v) is 19.1. The molecule has 0 radical (unpaired) electrons. The van der Waals surface area contributed by atoms with Crippen molar-refractivity contribution >= 4 is 29.7 Å². The standard InChI is InChI=1S/C42H54O12/c1-21-17-38(7)28-16-26(45)30(50-10)22(2)37(28,6)18-27(51-23(3)43)31(38)42(21)40(9,49)32(46)33(53-34(47)25-14-12-11-13-15-25)39(8)29(52-24(4)44)19-36(5)20-41(39,42)54-35(36)48/h11-15,21,27-29,31-33,46,49H,16-20H2,1-10H3/t21-,27+,28?,29-,31-,32+,33-,36-,37+,38-,39+,40-,41+,42-/m0/s1. The number of ether oxygens (including phenoxy) is 5. The summed E-state index contributed by atoms with van der Waals surface area (Å²) in [5.74, 6) is -4.13. The summed E-state index contributed by atoms with van der Waals surface area (Å²) in [7, 11) is 1.47. The van der Waals surface area contributed by atoms with Crippen LogP contribution in [0.15, 0.2) is 41.7 Å². The average Bonchev–Trinajstić information content (AvgIpc) is 3.48. The normalized spacial score (nSPS) is 47.6. The van der Waals surface area contributed by atoms with Gasteiger partial charge in [0.1, 0.15) is 35.6 Å². The lowest BCUT2D eigenvalue weighted by atomic mass is 9.33. The van der Waals surface area contributed by atoms with Crippen molar-refractivity contribution in [2.24, 2.45) is 44.8 Å². The van der Waals surface area contributed by atoms with Crippen LogP contribution in [0, 0.1) is 44.8 Å². The van der Waals surface area contributed by atoms with Crippen molar-refractivity contribution in [3.63, 3.8) is 0 Å². The van der Waals surface area contributed by atoms with E-state index < -0.39 is 98.4 Å². The van der Waals surface area contributed by atoms with Gasteiger partial charge in [-0.2, -0.15) is 0 Å². The molecule has 12 nitrogen and oxygen atoms in total. The number of aliphatic hydroxyl groups excluding tert-OH is 1. The number of carbonyl (C=O) groups excluding carboxylic acids is 5. The zero-order chi connectivity index (χ0) is 39.8. The second-order valence-corrected chi connectivity index (χ2v) is 18.4. The number of esters is 4. The van der Waals surface area contributed by atoms with Crippen LogP contribution in [0.4, 0.5) is 0 Å². The van der Waals surface area contributed by atoms with Gasteiger partial charge in [0.25, 0.3) is 0 Å². The number of Topliss-reactive ketones (excluding diaryl/α,β-unsaturated/α-hetero) is 1. The summed E-state index contributed by atoms with van der Waals surface area (Å²) in [5, 5.41) is 26.3. The smallest absolute Gasteiger partial charge is 0.338 e. The molecule has 5 fully saturated rings. The van der Waals surface area contributed by atoms with E-state index >= 15 is 0 Å². The van der Waals surface area contributed by atoms with E-state index in [0.717, 1.165) is 5.57 Å². The van der Waals surface area contributed by atoms with Gasteiger partial charge in [-0.25, -0.2) is 4.79 Å². The minimum absolute atomic E-state index is 0.0106. The molecule has 7 rings (SSSR count). The number of hydrogen-bond donors (Lipinski definition) is 2. The van der Waals surface area contributed by atoms with Crippen LogP contribution in [0.5, 0.6) is 0 Å². The fourth-order valence-corrected chi connectivity index (χ4v) is 13.9. The number of aliphatic hydroxyl groups is 2. The number of carbonyl (C=O) groups is 5. The number of fused-ring (bicyclic) bond motifs is 5. The molecule has 12 heteroatoms. The molecule has 1 aliphatic heterocycles. The van der Waals surface area contributed by atoms with Crippen molar-refractivity contribution in [3.8, 4) is 0 Å². The fraction of sp³-hybridized carbons (Fsp3) is 0.690. The van der Waals surface area contributed by atoms with E-state index in [-0.39, 0.29) is 48.7 Å². The van der Waals surface area contributed by atoms with Crippen LogP contribution >= 0.6 is 0 Å². The quantitative estimate of drug-likeness (QED) is 0.310. The van der Waals surface area contributed by atoms with Crippen molar-refractivity contribution in [2.45, 2.75) is 130 Å². The molecule has 1 heterocycles. The number of methoxy groups -OCH3 is 1. The van der Waals surface area contributed by atoms with Crippen molar-refractivity contribution in [1.82, 2.24) is 0 Å². The molecular weight excluding hydrogens is 696 g/mol. The summed E-state index contributed by atoms with van der Waals surface area (Å²) < 4.78 is 31.3. The summed E-state index contributed by atoms with van der Waals surface area (Å²) in [6.45, 7) is 15.5. The Balaban J connectivity index is 1.54. The summed E-state index contributed by atoms with van der Waals surface area (Å²) >= 11 is 0. The molecule has 54 heavy (non-hydrogen) atoms. The second kappa shape index (κ2) is 11.9. The van der Waals surface area contributed by atoms with Gasteiger partial charge in [0.15, 0.2) is 11.5 Å². The predicted molar refractivity (Wildman–Crippen MR) is 191 cm³/mol. The van der Waals surface area contributed by atoms with E-state index in [1.54, 1.807) is 44.2 Å². The Morgan fingerprint density at radius 1 is 0.907 bits per heavy atom. The summed E-state index contributed by atoms with van der Waals surface area (Å²) in [5.41, 5.74) is -9.02. The molecule has 0 aromatic heterocycles. The topological polar surface area (TPSA) is 172 Å². The van der Waals surface area contributed by atoms with Crippen molar-refractivity contribution < 1.29 is 57.9 Å². The molecule has 1 unspecified atom stereocenters. The van der Waals surface area contributed by atoms with Crippen LogP contribution in [-0.4, -0.2) is 82.6 Å². The van der Waals surface area contributed by atoms with Gasteiger partial charge in [-0.05, 0) is 80.9 Å². The summed E-state index contributed by atoms with van der Waals surface area (Å²) in [6, 6.07) is 8.22. The number of benzene rings is 1. The molecule has 2 bridgehead atoms. The lowest BCUT2D eigenvalue weighted by molar-refractivity contribution is -0.381. The van der Waals surface area contributed by atoms with Gasteiger partial charge in [-0.3, -0.25) is 19.2 Å². The van der Waals surface area contributed by atoms with Crippen molar-refractivity contribution in [2.75, 3.05) is 7.11 Å². The van der Waals surface area contributed by atoms with Crippen LogP contribution in [0.25, 0.3) is 0 Å². The van der Waals surface area contributed by atoms with E-state index in [0.29, 0.717) is 6.42 Å². The van der Waals surface area contributed by atoms with E-state index in [4.69, 9.17) is 23.7 Å². The monoisotopic (exact) mass is 750 g/mol. The molecule has 14 atom stereocenters. The summed E-state index contributed by atoms with van der Waals surface area (Å²) in [6.07, 6.45) is -4.57. The van der Waals surface area contributed by atoms with Gasteiger partial charge in [-0.1, -0.05) is 39.0 Å². The van der Waals surface area contributed by atoms with Gasteiger partial charge in [0.05, 0.1) is 28.9 Å². The van der Waals surface area contributed by atoms with Gasteiger partial charge < -0.3 is 33.9 Å². The largest absolute Gasteiger partial charge is 0.493 e. The first kappa shape index (κ1) is 38.5. The van der Waals surface area contributed by atoms with E-state index in [9.17, 15) is 34.2 Å². The molecule has 5 aliphatic carbocycles. The SMILES string of the molecule is COC1=C(C)[C@@]2(C)C[C@@H](OC(C)=O)[C@@H]3[C@]4([C@@H](C)C[C@@]3(C)C2CC1=O)[C@@]12C[C@](C)(C[C@H](OC(C)=O)[C@]1(C)[C@@H](OC(=O)c1ccccc1)[C@@H](O)[C@]4(C)O)C(=O)O2. The van der Waals surface area contributed by atoms with Crippen LogP contribution in [0.3, 0.4) is 0 Å². The Morgan fingerprint density at radius 3 is 2.13 bits per heavy atom. The molecule has 4 saturated carbocycles. The molecule has 1 aromatic rings. The highest BCUT2D eigenvalue weighted by Gasteiger charge is 2.92. The number of hydrogen-bond acceptors (Lipinski definition) is 12. The first-order chi connectivity index (χ1) is 25.0. The third-order valence-corrected chi connectivity index (χ3v) is 15.7. The number of rotatable bonds is 5. The molecule has 2 N–H and O–H groups in total. The van der Waals surface area contributed by atoms with Crippen LogP contribution in [0.1, 0.15) is 105 Å². The second-order valence-electron chi connectivity index (χ2n) is 18.4. The highest BCUT2D eigenvalue weighted by molar-refractivity contribution is 5.96. The van der Waals surface area contributed by atoms with Gasteiger partial charge in [0.2, 0.25) is 0 Å². The zero-order valence-corrected chi connectivity index (χ0v) is 32.9. The molecule has 6 aliphatic rings.